The zero-order chi connectivity index (χ0) is 15.0. The standard InChI is InChI=1S/C14H16ClN3O3/c1-8-12(15)16-7-17-13(8)21-11-5-9-3-4-10(6-11)18(9)14(19)20-2/h3-4,7,9-11H,5-6H2,1-2H3/t9-,10?,11-/m0/s1. The number of hydrogen-bond donors (Lipinski definition) is 0. The van der Waals surface area contributed by atoms with Gasteiger partial charge in [-0.25, -0.2) is 14.8 Å². The van der Waals surface area contributed by atoms with E-state index >= 15 is 0 Å². The van der Waals surface area contributed by atoms with Gasteiger partial charge in [0, 0.05) is 18.4 Å². The van der Waals surface area contributed by atoms with E-state index in [9.17, 15) is 4.79 Å². The lowest BCUT2D eigenvalue weighted by atomic mass is 9.99. The van der Waals surface area contributed by atoms with Gasteiger partial charge in [0.05, 0.1) is 19.2 Å². The third-order valence-corrected chi connectivity index (χ3v) is 4.30. The third kappa shape index (κ3) is 2.55. The van der Waals surface area contributed by atoms with Gasteiger partial charge in [0.2, 0.25) is 5.88 Å². The highest BCUT2D eigenvalue weighted by molar-refractivity contribution is 6.30. The topological polar surface area (TPSA) is 64.5 Å². The first-order valence-corrected chi connectivity index (χ1v) is 7.16. The molecule has 1 aromatic rings. The van der Waals surface area contributed by atoms with Gasteiger partial charge in [-0.15, -0.1) is 0 Å². The van der Waals surface area contributed by atoms with E-state index in [1.165, 1.54) is 13.4 Å². The van der Waals surface area contributed by atoms with Crippen LogP contribution in [0.4, 0.5) is 4.79 Å². The Balaban J connectivity index is 1.71. The van der Waals surface area contributed by atoms with Crippen molar-refractivity contribution in [2.75, 3.05) is 7.11 Å². The maximum absolute atomic E-state index is 11.8. The highest BCUT2D eigenvalue weighted by atomic mass is 35.5. The molecule has 3 atom stereocenters. The number of piperidine rings is 1. The Bertz CT molecular complexity index is 577. The Morgan fingerprint density at radius 3 is 2.62 bits per heavy atom. The lowest BCUT2D eigenvalue weighted by molar-refractivity contribution is 0.0466. The molecule has 0 radical (unpaired) electrons. The van der Waals surface area contributed by atoms with Crippen molar-refractivity contribution in [1.82, 2.24) is 14.9 Å². The van der Waals surface area contributed by atoms with Gasteiger partial charge in [0.15, 0.2) is 0 Å². The Kier molecular flexibility index (Phi) is 3.71. The maximum atomic E-state index is 11.8. The molecule has 1 amide bonds. The molecule has 0 aromatic carbocycles. The molecule has 2 bridgehead atoms. The highest BCUT2D eigenvalue weighted by Gasteiger charge is 2.41. The Morgan fingerprint density at radius 2 is 2.00 bits per heavy atom. The molecule has 112 valence electrons. The van der Waals surface area contributed by atoms with E-state index in [-0.39, 0.29) is 24.3 Å². The maximum Gasteiger partial charge on any atom is 0.410 e. The second-order valence-corrected chi connectivity index (χ2v) is 5.56. The number of fused-ring (bicyclic) bond motifs is 2. The molecule has 3 heterocycles. The SMILES string of the molecule is COC(=O)N1C2C=C[C@H]1C[C@H](Oc1ncnc(Cl)c1C)C2. The van der Waals surface area contributed by atoms with Crippen LogP contribution < -0.4 is 4.74 Å². The fraction of sp³-hybridized carbons (Fsp3) is 0.500. The van der Waals surface area contributed by atoms with E-state index in [1.54, 1.807) is 4.90 Å². The highest BCUT2D eigenvalue weighted by Crippen LogP contribution is 2.33. The summed E-state index contributed by atoms with van der Waals surface area (Å²) in [5, 5.41) is 0.396. The van der Waals surface area contributed by atoms with Crippen molar-refractivity contribution in [2.45, 2.75) is 38.0 Å². The molecule has 0 saturated carbocycles. The summed E-state index contributed by atoms with van der Waals surface area (Å²) in [6.45, 7) is 1.83. The summed E-state index contributed by atoms with van der Waals surface area (Å²) in [5.74, 6) is 0.505. The minimum atomic E-state index is -0.297. The van der Waals surface area contributed by atoms with Crippen LogP contribution in [0.5, 0.6) is 5.88 Å². The molecule has 2 aliphatic heterocycles. The molecule has 21 heavy (non-hydrogen) atoms. The Labute approximate surface area is 127 Å². The van der Waals surface area contributed by atoms with Crippen LogP contribution in [0.15, 0.2) is 18.5 Å². The molecular weight excluding hydrogens is 294 g/mol. The van der Waals surface area contributed by atoms with Gasteiger partial charge in [-0.2, -0.15) is 0 Å². The lowest BCUT2D eigenvalue weighted by Gasteiger charge is -2.37. The summed E-state index contributed by atoms with van der Waals surface area (Å²) in [4.78, 5) is 21.6. The van der Waals surface area contributed by atoms with Crippen LogP contribution >= 0.6 is 11.6 Å². The van der Waals surface area contributed by atoms with E-state index in [1.807, 2.05) is 19.1 Å². The number of carbonyl (C=O) groups is 1. The van der Waals surface area contributed by atoms with Gasteiger partial charge in [-0.3, -0.25) is 4.90 Å². The van der Waals surface area contributed by atoms with E-state index in [4.69, 9.17) is 21.1 Å². The minimum absolute atomic E-state index is 0.0128. The molecule has 7 heteroatoms. The first kappa shape index (κ1) is 14.1. The second kappa shape index (κ2) is 5.52. The number of aromatic nitrogens is 2. The van der Waals surface area contributed by atoms with Crippen molar-refractivity contribution in [3.8, 4) is 5.88 Å². The fourth-order valence-corrected chi connectivity index (χ4v) is 2.99. The third-order valence-electron chi connectivity index (χ3n) is 3.92. The normalized spacial score (nSPS) is 26.8. The van der Waals surface area contributed by atoms with E-state index in [2.05, 4.69) is 9.97 Å². The van der Waals surface area contributed by atoms with Gasteiger partial charge in [-0.05, 0) is 6.92 Å². The number of halogens is 1. The van der Waals surface area contributed by atoms with Gasteiger partial charge < -0.3 is 9.47 Å². The first-order valence-electron chi connectivity index (χ1n) is 6.78. The van der Waals surface area contributed by atoms with E-state index < -0.39 is 0 Å². The van der Waals surface area contributed by atoms with Gasteiger partial charge in [-0.1, -0.05) is 23.8 Å². The second-order valence-electron chi connectivity index (χ2n) is 5.20. The summed E-state index contributed by atoms with van der Waals surface area (Å²) in [6.07, 6.45) is 6.57. The molecule has 1 unspecified atom stereocenters. The quantitative estimate of drug-likeness (QED) is 0.620. The zero-order valence-electron chi connectivity index (χ0n) is 11.8. The summed E-state index contributed by atoms with van der Waals surface area (Å²) in [6, 6.07) is 0.0256. The van der Waals surface area contributed by atoms with Crippen molar-refractivity contribution < 1.29 is 14.3 Å². The summed E-state index contributed by atoms with van der Waals surface area (Å²) in [7, 11) is 1.40. The molecule has 1 aromatic heterocycles. The average molecular weight is 310 g/mol. The molecule has 2 aliphatic rings. The molecule has 0 N–H and O–H groups in total. The first-order chi connectivity index (χ1) is 10.1. The average Bonchev–Trinajstić information content (AvgIpc) is 2.74. The number of methoxy groups -OCH3 is 1. The lowest BCUT2D eigenvalue weighted by Crippen LogP contribution is -2.50. The molecular formula is C14H16ClN3O3. The van der Waals surface area contributed by atoms with Gasteiger partial charge in [0.1, 0.15) is 17.6 Å². The van der Waals surface area contributed by atoms with Crippen molar-refractivity contribution in [1.29, 1.82) is 0 Å². The molecule has 0 aliphatic carbocycles. The largest absolute Gasteiger partial charge is 0.474 e. The number of carbonyl (C=O) groups excluding carboxylic acids is 1. The number of amides is 1. The van der Waals surface area contributed by atoms with Crippen LogP contribution in [0.1, 0.15) is 18.4 Å². The smallest absolute Gasteiger partial charge is 0.410 e. The number of rotatable bonds is 2. The van der Waals surface area contributed by atoms with Crippen LogP contribution in [0, 0.1) is 6.92 Å². The number of ether oxygens (including phenoxy) is 2. The zero-order valence-corrected chi connectivity index (χ0v) is 12.6. The molecule has 0 spiro atoms. The fourth-order valence-electron chi connectivity index (χ4n) is 2.87. The summed E-state index contributed by atoms with van der Waals surface area (Å²) in [5.41, 5.74) is 0.731. The Morgan fingerprint density at radius 1 is 1.33 bits per heavy atom. The molecule has 1 fully saturated rings. The van der Waals surface area contributed by atoms with E-state index in [0.717, 1.165) is 5.56 Å². The molecule has 6 nitrogen and oxygen atoms in total. The van der Waals surface area contributed by atoms with Crippen molar-refractivity contribution in [3.63, 3.8) is 0 Å². The van der Waals surface area contributed by atoms with Gasteiger partial charge >= 0.3 is 6.09 Å². The monoisotopic (exact) mass is 309 g/mol. The summed E-state index contributed by atoms with van der Waals surface area (Å²) < 4.78 is 10.8. The van der Waals surface area contributed by atoms with Crippen molar-refractivity contribution in [2.24, 2.45) is 0 Å². The number of hydrogen-bond acceptors (Lipinski definition) is 5. The number of nitrogens with zero attached hydrogens (tertiary/aromatic N) is 3. The van der Waals surface area contributed by atoms with Crippen LogP contribution in [0.25, 0.3) is 0 Å². The Hall–Kier alpha value is -1.82. The molecule has 3 rings (SSSR count). The van der Waals surface area contributed by atoms with Crippen molar-refractivity contribution >= 4 is 17.7 Å². The van der Waals surface area contributed by atoms with Crippen LogP contribution in [-0.2, 0) is 4.74 Å². The van der Waals surface area contributed by atoms with Crippen LogP contribution in [0.2, 0.25) is 5.15 Å². The minimum Gasteiger partial charge on any atom is -0.474 e. The predicted molar refractivity (Wildman–Crippen MR) is 76.4 cm³/mol. The molecule has 1 saturated heterocycles. The predicted octanol–water partition coefficient (Wildman–Crippen LogP) is 2.36. The van der Waals surface area contributed by atoms with Crippen molar-refractivity contribution in [3.05, 3.63) is 29.2 Å². The summed E-state index contributed by atoms with van der Waals surface area (Å²) >= 11 is 5.97. The van der Waals surface area contributed by atoms with E-state index in [0.29, 0.717) is 23.9 Å². The van der Waals surface area contributed by atoms with Crippen LogP contribution in [0.3, 0.4) is 0 Å². The van der Waals surface area contributed by atoms with Crippen LogP contribution in [-0.4, -0.2) is 46.3 Å². The van der Waals surface area contributed by atoms with Gasteiger partial charge in [0.25, 0.3) is 0 Å².